The Morgan fingerprint density at radius 3 is 2.79 bits per heavy atom. The monoisotopic (exact) mass is 339 g/mol. The summed E-state index contributed by atoms with van der Waals surface area (Å²) in [6, 6.07) is 3.82. The number of anilines is 1. The van der Waals surface area contributed by atoms with Gasteiger partial charge in [-0.25, -0.2) is 4.39 Å². The highest BCUT2D eigenvalue weighted by atomic mass is 19.1. The molecule has 0 bridgehead atoms. The highest BCUT2D eigenvalue weighted by Crippen LogP contribution is 2.27. The Kier molecular flexibility index (Phi) is 5.60. The Labute approximate surface area is 139 Å². The van der Waals surface area contributed by atoms with Crippen LogP contribution in [0.25, 0.3) is 0 Å². The molecule has 1 N–H and O–H groups in total. The molecular formula is C16H22FN3O4. The zero-order chi connectivity index (χ0) is 16.9. The fourth-order valence-corrected chi connectivity index (χ4v) is 3.38. The van der Waals surface area contributed by atoms with Crippen LogP contribution in [0, 0.1) is 21.8 Å². The minimum absolute atomic E-state index is 0.209. The van der Waals surface area contributed by atoms with E-state index in [2.05, 4.69) is 10.2 Å². The molecular weight excluding hydrogens is 317 g/mol. The van der Waals surface area contributed by atoms with Crippen molar-refractivity contribution >= 4 is 11.4 Å². The molecule has 0 saturated carbocycles. The van der Waals surface area contributed by atoms with Gasteiger partial charge in [0.2, 0.25) is 0 Å². The molecule has 24 heavy (non-hydrogen) atoms. The molecule has 2 saturated heterocycles. The first-order chi connectivity index (χ1) is 11.6. The summed E-state index contributed by atoms with van der Waals surface area (Å²) in [6.45, 7) is 5.09. The molecule has 0 aromatic heterocycles. The molecule has 0 aliphatic carbocycles. The van der Waals surface area contributed by atoms with Crippen LogP contribution in [0.5, 0.6) is 0 Å². The quantitative estimate of drug-likeness (QED) is 0.630. The fourth-order valence-electron chi connectivity index (χ4n) is 3.38. The number of hydrogen-bond acceptors (Lipinski definition) is 6. The number of hydrogen-bond donors (Lipinski definition) is 1. The van der Waals surface area contributed by atoms with Gasteiger partial charge in [0.05, 0.1) is 30.8 Å². The van der Waals surface area contributed by atoms with Crippen molar-refractivity contribution in [2.24, 2.45) is 5.92 Å². The molecule has 2 aliphatic heterocycles. The van der Waals surface area contributed by atoms with Crippen LogP contribution in [0.3, 0.4) is 0 Å². The average molecular weight is 339 g/mol. The van der Waals surface area contributed by atoms with Crippen molar-refractivity contribution in [2.75, 3.05) is 51.4 Å². The Morgan fingerprint density at radius 1 is 1.33 bits per heavy atom. The zero-order valence-corrected chi connectivity index (χ0v) is 13.4. The van der Waals surface area contributed by atoms with Gasteiger partial charge in [-0.3, -0.25) is 15.0 Å². The van der Waals surface area contributed by atoms with Crippen molar-refractivity contribution in [3.8, 4) is 0 Å². The van der Waals surface area contributed by atoms with Crippen LogP contribution in [-0.4, -0.2) is 61.9 Å². The van der Waals surface area contributed by atoms with Crippen LogP contribution in [0.1, 0.15) is 6.42 Å². The van der Waals surface area contributed by atoms with Crippen molar-refractivity contribution in [2.45, 2.75) is 12.5 Å². The Morgan fingerprint density at radius 2 is 2.12 bits per heavy atom. The van der Waals surface area contributed by atoms with E-state index < -0.39 is 10.7 Å². The summed E-state index contributed by atoms with van der Waals surface area (Å²) in [4.78, 5) is 12.9. The predicted octanol–water partition coefficient (Wildman–Crippen LogP) is 1.88. The highest BCUT2D eigenvalue weighted by Gasteiger charge is 2.31. The van der Waals surface area contributed by atoms with E-state index >= 15 is 0 Å². The van der Waals surface area contributed by atoms with Crippen LogP contribution in [0.15, 0.2) is 18.2 Å². The Bertz CT molecular complexity index is 574. The van der Waals surface area contributed by atoms with Crippen molar-refractivity contribution in [3.05, 3.63) is 34.1 Å². The van der Waals surface area contributed by atoms with Crippen molar-refractivity contribution in [3.63, 3.8) is 0 Å². The SMILES string of the molecule is O=[N+]([O-])c1cc(F)ccc1NCC(C1CCOC1)N1CCOCC1. The molecule has 2 unspecified atom stereocenters. The standard InChI is InChI=1S/C16H22FN3O4/c17-13-1-2-14(15(9-13)20(21)22)18-10-16(12-3-6-24-11-12)19-4-7-23-8-5-19/h1-2,9,12,16,18H,3-8,10-11H2. The summed E-state index contributed by atoms with van der Waals surface area (Å²) in [5, 5.41) is 14.3. The van der Waals surface area contributed by atoms with Gasteiger partial charge in [0.1, 0.15) is 11.5 Å². The van der Waals surface area contributed by atoms with E-state index in [1.807, 2.05) is 0 Å². The van der Waals surface area contributed by atoms with E-state index in [0.717, 1.165) is 32.2 Å². The highest BCUT2D eigenvalue weighted by molar-refractivity contribution is 5.61. The number of rotatable bonds is 6. The third kappa shape index (κ3) is 4.00. The topological polar surface area (TPSA) is 76.9 Å². The number of nitrogens with one attached hydrogen (secondary N) is 1. The maximum absolute atomic E-state index is 13.3. The summed E-state index contributed by atoms with van der Waals surface area (Å²) in [5.74, 6) is -0.226. The fraction of sp³-hybridized carbons (Fsp3) is 0.625. The van der Waals surface area contributed by atoms with Gasteiger partial charge >= 0.3 is 0 Å². The molecule has 0 amide bonds. The third-order valence-electron chi connectivity index (χ3n) is 4.68. The van der Waals surface area contributed by atoms with Crippen LogP contribution >= 0.6 is 0 Å². The molecule has 2 fully saturated rings. The molecule has 8 heteroatoms. The van der Waals surface area contributed by atoms with Gasteiger partial charge in [0.15, 0.2) is 0 Å². The van der Waals surface area contributed by atoms with E-state index in [1.54, 1.807) is 0 Å². The van der Waals surface area contributed by atoms with Gasteiger partial charge in [0, 0.05) is 38.2 Å². The number of nitrogens with zero attached hydrogens (tertiary/aromatic N) is 2. The van der Waals surface area contributed by atoms with Gasteiger partial charge in [-0.1, -0.05) is 0 Å². The number of benzene rings is 1. The molecule has 7 nitrogen and oxygen atoms in total. The first-order valence-electron chi connectivity index (χ1n) is 8.22. The van der Waals surface area contributed by atoms with Gasteiger partial charge in [0.25, 0.3) is 5.69 Å². The first-order valence-corrected chi connectivity index (χ1v) is 8.22. The average Bonchev–Trinajstić information content (AvgIpc) is 3.11. The first kappa shape index (κ1) is 17.1. The third-order valence-corrected chi connectivity index (χ3v) is 4.68. The van der Waals surface area contributed by atoms with Crippen LogP contribution in [0.4, 0.5) is 15.8 Å². The van der Waals surface area contributed by atoms with Gasteiger partial charge in [-0.15, -0.1) is 0 Å². The summed E-state index contributed by atoms with van der Waals surface area (Å²) >= 11 is 0. The van der Waals surface area contributed by atoms with E-state index in [9.17, 15) is 14.5 Å². The molecule has 1 aromatic carbocycles. The Balaban J connectivity index is 1.72. The van der Waals surface area contributed by atoms with E-state index in [1.165, 1.54) is 12.1 Å². The van der Waals surface area contributed by atoms with Crippen LogP contribution in [-0.2, 0) is 9.47 Å². The predicted molar refractivity (Wildman–Crippen MR) is 86.7 cm³/mol. The summed E-state index contributed by atoms with van der Waals surface area (Å²) in [6.07, 6.45) is 0.981. The van der Waals surface area contributed by atoms with Crippen molar-refractivity contribution in [1.29, 1.82) is 0 Å². The summed E-state index contributed by atoms with van der Waals surface area (Å²) in [7, 11) is 0. The van der Waals surface area contributed by atoms with E-state index in [-0.39, 0.29) is 11.7 Å². The summed E-state index contributed by atoms with van der Waals surface area (Å²) < 4.78 is 24.2. The number of halogens is 1. The van der Waals surface area contributed by atoms with Crippen molar-refractivity contribution < 1.29 is 18.8 Å². The lowest BCUT2D eigenvalue weighted by Gasteiger charge is -2.37. The molecule has 3 rings (SSSR count). The maximum atomic E-state index is 13.3. The molecule has 0 spiro atoms. The second-order valence-corrected chi connectivity index (χ2v) is 6.14. The number of ether oxygens (including phenoxy) is 2. The smallest absolute Gasteiger partial charge is 0.295 e. The number of nitro benzene ring substituents is 1. The molecule has 2 atom stereocenters. The minimum Gasteiger partial charge on any atom is -0.381 e. The van der Waals surface area contributed by atoms with Crippen molar-refractivity contribution in [1.82, 2.24) is 4.90 Å². The van der Waals surface area contributed by atoms with Gasteiger partial charge < -0.3 is 14.8 Å². The van der Waals surface area contributed by atoms with Gasteiger partial charge in [-0.05, 0) is 18.6 Å². The molecule has 132 valence electrons. The number of nitro groups is 1. The molecule has 0 radical (unpaired) electrons. The molecule has 1 aromatic rings. The molecule has 2 aliphatic rings. The lowest BCUT2D eigenvalue weighted by molar-refractivity contribution is -0.384. The number of morpholine rings is 1. The van der Waals surface area contributed by atoms with Crippen LogP contribution < -0.4 is 5.32 Å². The second-order valence-electron chi connectivity index (χ2n) is 6.14. The zero-order valence-electron chi connectivity index (χ0n) is 13.4. The largest absolute Gasteiger partial charge is 0.381 e. The lowest BCUT2D eigenvalue weighted by atomic mass is 9.96. The van der Waals surface area contributed by atoms with E-state index in [0.29, 0.717) is 38.0 Å². The van der Waals surface area contributed by atoms with Gasteiger partial charge in [-0.2, -0.15) is 0 Å². The lowest BCUT2D eigenvalue weighted by Crippen LogP contribution is -2.50. The normalized spacial score (nSPS) is 23.1. The molecule has 2 heterocycles. The Hall–Kier alpha value is -1.77. The maximum Gasteiger partial charge on any atom is 0.295 e. The van der Waals surface area contributed by atoms with E-state index in [4.69, 9.17) is 9.47 Å². The summed E-state index contributed by atoms with van der Waals surface area (Å²) in [5.41, 5.74) is 0.108. The second kappa shape index (κ2) is 7.87. The van der Waals surface area contributed by atoms with Crippen LogP contribution in [0.2, 0.25) is 0 Å². The minimum atomic E-state index is -0.610.